The van der Waals surface area contributed by atoms with E-state index in [0.29, 0.717) is 11.1 Å². The van der Waals surface area contributed by atoms with Gasteiger partial charge in [0.1, 0.15) is 23.0 Å². The molecule has 0 bridgehead atoms. The number of carbonyl (C=O) groups excluding carboxylic acids is 1. The first-order chi connectivity index (χ1) is 15.2. The number of hydrogen-bond acceptors (Lipinski definition) is 4. The number of fused-ring (bicyclic) bond motifs is 1. The van der Waals surface area contributed by atoms with Crippen LogP contribution in [-0.2, 0) is 0 Å². The lowest BCUT2D eigenvalue weighted by molar-refractivity contribution is -0.208. The predicted octanol–water partition coefficient (Wildman–Crippen LogP) is 6.32. The molecule has 168 valence electrons. The third kappa shape index (κ3) is 4.94. The number of halogens is 5. The van der Waals surface area contributed by atoms with Gasteiger partial charge in [0.2, 0.25) is 0 Å². The highest BCUT2D eigenvalue weighted by Crippen LogP contribution is 2.43. The summed E-state index contributed by atoms with van der Waals surface area (Å²) in [6.45, 7) is 3.08. The summed E-state index contributed by atoms with van der Waals surface area (Å²) in [5, 5.41) is 2.49. The maximum atomic E-state index is 13.7. The van der Waals surface area contributed by atoms with Gasteiger partial charge in [-0.3, -0.25) is 4.79 Å². The van der Waals surface area contributed by atoms with Crippen LogP contribution in [0.15, 0.2) is 48.7 Å². The molecule has 4 rings (SSSR count). The summed E-state index contributed by atoms with van der Waals surface area (Å²) in [6.07, 6.45) is -2.16. The number of carbonyl (C=O) groups is 1. The summed E-state index contributed by atoms with van der Waals surface area (Å²) in [4.78, 5) is 16.1. The molecule has 0 fully saturated rings. The van der Waals surface area contributed by atoms with Gasteiger partial charge < -0.3 is 14.8 Å². The average molecular weight is 469 g/mol. The number of benzene rings is 2. The maximum Gasteiger partial charge on any atom is 0.433 e. The van der Waals surface area contributed by atoms with Crippen LogP contribution in [0.4, 0.5) is 23.4 Å². The molecule has 1 aliphatic rings. The Bertz CT molecular complexity index is 1120. The van der Waals surface area contributed by atoms with Crippen molar-refractivity contribution in [2.24, 2.45) is 0 Å². The first-order valence-electron chi connectivity index (χ1n) is 9.48. The topological polar surface area (TPSA) is 60.5 Å². The summed E-state index contributed by atoms with van der Waals surface area (Å²) in [5.74, 6) is -3.11. The number of rotatable bonds is 3. The molecule has 1 N–H and O–H groups in total. The van der Waals surface area contributed by atoms with Crippen LogP contribution in [0.3, 0.4) is 0 Å². The van der Waals surface area contributed by atoms with Crippen LogP contribution in [0.25, 0.3) is 11.1 Å². The molecule has 3 aromatic rings. The summed E-state index contributed by atoms with van der Waals surface area (Å²) >= 11 is 6.20. The Morgan fingerprint density at radius 2 is 1.78 bits per heavy atom. The van der Waals surface area contributed by atoms with Crippen LogP contribution >= 0.6 is 11.6 Å². The number of nitrogens with zero attached hydrogens (tertiary/aromatic N) is 1. The number of hydrogen-bond donors (Lipinski definition) is 1. The second-order valence-electron chi connectivity index (χ2n) is 6.29. The van der Waals surface area contributed by atoms with Gasteiger partial charge in [-0.05, 0) is 30.3 Å². The molecule has 1 aromatic heterocycles. The largest absolute Gasteiger partial charge is 0.479 e. The van der Waals surface area contributed by atoms with Crippen molar-refractivity contribution < 1.29 is 31.8 Å². The zero-order valence-electron chi connectivity index (χ0n) is 16.9. The second-order valence-corrected chi connectivity index (χ2v) is 6.70. The summed E-state index contributed by atoms with van der Waals surface area (Å²) in [6, 6.07) is 8.56. The Morgan fingerprint density at radius 1 is 1.09 bits per heavy atom. The van der Waals surface area contributed by atoms with Crippen molar-refractivity contribution in [3.63, 3.8) is 0 Å². The van der Waals surface area contributed by atoms with E-state index in [-0.39, 0.29) is 22.3 Å². The minimum absolute atomic E-state index is 0.0200. The van der Waals surface area contributed by atoms with Crippen molar-refractivity contribution in [2.45, 2.75) is 20.0 Å². The highest BCUT2D eigenvalue weighted by Gasteiger charge is 2.38. The van der Waals surface area contributed by atoms with Gasteiger partial charge in [-0.1, -0.05) is 31.5 Å². The van der Waals surface area contributed by atoms with E-state index in [4.69, 9.17) is 16.3 Å². The predicted molar refractivity (Wildman–Crippen MR) is 111 cm³/mol. The standard InChI is InChI=1S/C20H11ClF4N2O3.C2H6/c21-12-7-15-16(30-20(24,25)9-29-15)6-11(12)10-4-5-17(26-8-10)27-19(28)18-13(22)2-1-3-14(18)23;1-2/h1-8H,9H2,(H,26,27,28);1-2H3. The number of aromatic nitrogens is 1. The summed E-state index contributed by atoms with van der Waals surface area (Å²) < 4.78 is 63.8. The molecule has 10 heteroatoms. The molecule has 1 aliphatic heterocycles. The lowest BCUT2D eigenvalue weighted by Gasteiger charge is -2.26. The molecule has 0 saturated carbocycles. The Morgan fingerprint density at radius 3 is 2.41 bits per heavy atom. The lowest BCUT2D eigenvalue weighted by atomic mass is 10.1. The summed E-state index contributed by atoms with van der Waals surface area (Å²) in [7, 11) is 0. The average Bonchev–Trinajstić information content (AvgIpc) is 2.75. The fraction of sp³-hybridized carbons (Fsp3) is 0.182. The van der Waals surface area contributed by atoms with Crippen LogP contribution in [0.1, 0.15) is 24.2 Å². The molecular weight excluding hydrogens is 452 g/mol. The van der Waals surface area contributed by atoms with E-state index in [1.165, 1.54) is 30.5 Å². The van der Waals surface area contributed by atoms with Gasteiger partial charge in [-0.15, -0.1) is 0 Å². The zero-order chi connectivity index (χ0) is 23.5. The van der Waals surface area contributed by atoms with Crippen LogP contribution in [0.5, 0.6) is 11.5 Å². The zero-order valence-corrected chi connectivity index (χ0v) is 17.6. The monoisotopic (exact) mass is 468 g/mol. The molecule has 32 heavy (non-hydrogen) atoms. The smallest absolute Gasteiger partial charge is 0.433 e. The van der Waals surface area contributed by atoms with Crippen LogP contribution < -0.4 is 14.8 Å². The van der Waals surface area contributed by atoms with E-state index in [9.17, 15) is 22.4 Å². The van der Waals surface area contributed by atoms with Crippen molar-refractivity contribution in [3.8, 4) is 22.6 Å². The van der Waals surface area contributed by atoms with Crippen molar-refractivity contribution in [3.05, 3.63) is 70.9 Å². The van der Waals surface area contributed by atoms with E-state index < -0.39 is 35.8 Å². The van der Waals surface area contributed by atoms with Crippen LogP contribution in [0, 0.1) is 11.6 Å². The maximum absolute atomic E-state index is 13.7. The third-order valence-electron chi connectivity index (χ3n) is 4.19. The first kappa shape index (κ1) is 23.3. The van der Waals surface area contributed by atoms with Gasteiger partial charge in [0.25, 0.3) is 5.91 Å². The Kier molecular flexibility index (Phi) is 6.88. The molecule has 0 saturated heterocycles. The van der Waals surface area contributed by atoms with Gasteiger partial charge >= 0.3 is 6.11 Å². The van der Waals surface area contributed by atoms with Crippen molar-refractivity contribution in [2.75, 3.05) is 11.9 Å². The number of anilines is 1. The number of ether oxygens (including phenoxy) is 2. The highest BCUT2D eigenvalue weighted by atomic mass is 35.5. The second kappa shape index (κ2) is 9.44. The normalized spacial score (nSPS) is 13.6. The van der Waals surface area contributed by atoms with E-state index in [0.717, 1.165) is 18.2 Å². The number of nitrogens with one attached hydrogen (secondary N) is 1. The van der Waals surface area contributed by atoms with Gasteiger partial charge in [0.15, 0.2) is 18.1 Å². The molecule has 0 aliphatic carbocycles. The van der Waals surface area contributed by atoms with Crippen LogP contribution in [-0.4, -0.2) is 23.6 Å². The number of pyridine rings is 1. The number of amides is 1. The SMILES string of the molecule is CC.O=C(Nc1ccc(-c2cc3c(cc2Cl)OCC(F)(F)O3)cn1)c1c(F)cccc1F. The molecular formula is C22H17ClF4N2O3. The van der Waals surface area contributed by atoms with E-state index in [1.807, 2.05) is 13.8 Å². The molecule has 2 heterocycles. The van der Waals surface area contributed by atoms with Crippen molar-refractivity contribution in [1.29, 1.82) is 0 Å². The minimum Gasteiger partial charge on any atom is -0.479 e. The van der Waals surface area contributed by atoms with Gasteiger partial charge in [-0.2, -0.15) is 8.78 Å². The fourth-order valence-electron chi connectivity index (χ4n) is 2.82. The van der Waals surface area contributed by atoms with Crippen molar-refractivity contribution in [1.82, 2.24) is 4.98 Å². The van der Waals surface area contributed by atoms with Gasteiger partial charge in [-0.25, -0.2) is 13.8 Å². The van der Waals surface area contributed by atoms with Crippen molar-refractivity contribution >= 4 is 23.3 Å². The lowest BCUT2D eigenvalue weighted by Crippen LogP contribution is -2.35. The summed E-state index contributed by atoms with van der Waals surface area (Å²) in [5.41, 5.74) is 0.0248. The molecule has 0 radical (unpaired) electrons. The highest BCUT2D eigenvalue weighted by molar-refractivity contribution is 6.33. The quantitative estimate of drug-likeness (QED) is 0.457. The molecule has 0 unspecified atom stereocenters. The minimum atomic E-state index is -3.47. The van der Waals surface area contributed by atoms with Crippen LogP contribution in [0.2, 0.25) is 5.02 Å². The Hall–Kier alpha value is -3.33. The Balaban J connectivity index is 0.00000141. The first-order valence-corrected chi connectivity index (χ1v) is 9.86. The van der Waals surface area contributed by atoms with Gasteiger partial charge in [0.05, 0.1) is 5.02 Å². The van der Waals surface area contributed by atoms with E-state index in [1.54, 1.807) is 0 Å². The molecule has 2 aromatic carbocycles. The molecule has 0 atom stereocenters. The molecule has 0 spiro atoms. The molecule has 5 nitrogen and oxygen atoms in total. The third-order valence-corrected chi connectivity index (χ3v) is 4.51. The van der Waals surface area contributed by atoms with Gasteiger partial charge in [0, 0.05) is 23.4 Å². The Labute approximate surface area is 185 Å². The fourth-order valence-corrected chi connectivity index (χ4v) is 3.08. The van der Waals surface area contributed by atoms with E-state index in [2.05, 4.69) is 15.0 Å². The molecule has 1 amide bonds. The van der Waals surface area contributed by atoms with E-state index >= 15 is 0 Å². The number of alkyl halides is 2.